The molecule has 92 valence electrons. The number of hydrogen-bond donors (Lipinski definition) is 1. The molecule has 1 atom stereocenters. The van der Waals surface area contributed by atoms with Gasteiger partial charge in [-0.15, -0.1) is 0 Å². The van der Waals surface area contributed by atoms with E-state index in [4.69, 9.17) is 9.84 Å². The van der Waals surface area contributed by atoms with E-state index in [-0.39, 0.29) is 5.92 Å². The van der Waals surface area contributed by atoms with E-state index in [1.165, 1.54) is 0 Å². The maximum Gasteiger partial charge on any atom is 0.306 e. The molecule has 0 fully saturated rings. The van der Waals surface area contributed by atoms with Crippen LogP contribution in [0.4, 0.5) is 0 Å². The molecule has 0 aromatic carbocycles. The number of rotatable bonds is 4. The SMILES string of the molecule is COCCc1ncc2c(n1)CCC(C(=O)O)C2. The smallest absolute Gasteiger partial charge is 0.306 e. The standard InChI is InChI=1S/C12H16N2O3/c1-17-5-4-11-13-7-9-6-8(12(15)16)2-3-10(9)14-11/h7-8H,2-6H2,1H3,(H,15,16). The number of nitrogens with zero attached hydrogens (tertiary/aromatic N) is 2. The van der Waals surface area contributed by atoms with Gasteiger partial charge in [0.2, 0.25) is 0 Å². The summed E-state index contributed by atoms with van der Waals surface area (Å²) in [5, 5.41) is 8.98. The van der Waals surface area contributed by atoms with Gasteiger partial charge in [-0.05, 0) is 24.8 Å². The van der Waals surface area contributed by atoms with E-state index in [0.29, 0.717) is 25.9 Å². The van der Waals surface area contributed by atoms with E-state index in [9.17, 15) is 4.79 Å². The maximum absolute atomic E-state index is 10.9. The third-order valence-electron chi connectivity index (χ3n) is 3.08. The summed E-state index contributed by atoms with van der Waals surface area (Å²) in [5.74, 6) is -0.227. The van der Waals surface area contributed by atoms with E-state index in [1.54, 1.807) is 13.3 Å². The molecule has 1 heterocycles. The number of aliphatic carboxylic acids is 1. The number of ether oxygens (including phenoxy) is 1. The Labute approximate surface area is 99.9 Å². The molecule has 0 amide bonds. The average Bonchev–Trinajstić information content (AvgIpc) is 2.35. The first-order chi connectivity index (χ1) is 8.20. The molecule has 1 unspecified atom stereocenters. The zero-order chi connectivity index (χ0) is 12.3. The fraction of sp³-hybridized carbons (Fsp3) is 0.583. The first-order valence-electron chi connectivity index (χ1n) is 5.76. The minimum atomic E-state index is -0.723. The monoisotopic (exact) mass is 236 g/mol. The maximum atomic E-state index is 10.9. The lowest BCUT2D eigenvalue weighted by molar-refractivity contribution is -0.142. The molecule has 1 aromatic rings. The molecule has 17 heavy (non-hydrogen) atoms. The van der Waals surface area contributed by atoms with Gasteiger partial charge in [-0.1, -0.05) is 0 Å². The molecule has 1 aliphatic carbocycles. The van der Waals surface area contributed by atoms with Crippen molar-refractivity contribution in [3.8, 4) is 0 Å². The van der Waals surface area contributed by atoms with E-state index in [1.807, 2.05) is 0 Å². The number of fused-ring (bicyclic) bond motifs is 1. The fourth-order valence-corrected chi connectivity index (χ4v) is 2.07. The van der Waals surface area contributed by atoms with Gasteiger partial charge in [-0.25, -0.2) is 9.97 Å². The van der Waals surface area contributed by atoms with Crippen LogP contribution in [0, 0.1) is 5.92 Å². The summed E-state index contributed by atoms with van der Waals surface area (Å²) in [6.07, 6.45) is 4.42. The van der Waals surface area contributed by atoms with Crippen molar-refractivity contribution in [2.75, 3.05) is 13.7 Å². The van der Waals surface area contributed by atoms with Gasteiger partial charge in [-0.3, -0.25) is 4.79 Å². The van der Waals surface area contributed by atoms with Gasteiger partial charge < -0.3 is 9.84 Å². The van der Waals surface area contributed by atoms with Crippen molar-refractivity contribution >= 4 is 5.97 Å². The van der Waals surface area contributed by atoms with Crippen LogP contribution < -0.4 is 0 Å². The van der Waals surface area contributed by atoms with Crippen LogP contribution in [0.2, 0.25) is 0 Å². The van der Waals surface area contributed by atoms with Gasteiger partial charge >= 0.3 is 5.97 Å². The molecule has 0 bridgehead atoms. The van der Waals surface area contributed by atoms with Crippen LogP contribution >= 0.6 is 0 Å². The molecule has 0 saturated carbocycles. The fourth-order valence-electron chi connectivity index (χ4n) is 2.07. The number of carboxylic acid groups (broad SMARTS) is 1. The second kappa shape index (κ2) is 5.23. The van der Waals surface area contributed by atoms with Crippen molar-refractivity contribution in [3.05, 3.63) is 23.3 Å². The highest BCUT2D eigenvalue weighted by Crippen LogP contribution is 2.23. The summed E-state index contributed by atoms with van der Waals surface area (Å²) in [7, 11) is 1.65. The second-order valence-corrected chi connectivity index (χ2v) is 4.28. The molecule has 1 N–H and O–H groups in total. The van der Waals surface area contributed by atoms with Crippen LogP contribution in [0.15, 0.2) is 6.20 Å². The summed E-state index contributed by atoms with van der Waals surface area (Å²) < 4.78 is 4.98. The highest BCUT2D eigenvalue weighted by atomic mass is 16.5. The Morgan fingerprint density at radius 2 is 2.47 bits per heavy atom. The molecule has 5 heteroatoms. The molecule has 1 aromatic heterocycles. The summed E-state index contributed by atoms with van der Waals surface area (Å²) >= 11 is 0. The minimum Gasteiger partial charge on any atom is -0.481 e. The van der Waals surface area contributed by atoms with Gasteiger partial charge in [0.15, 0.2) is 0 Å². The van der Waals surface area contributed by atoms with Gasteiger partial charge in [-0.2, -0.15) is 0 Å². The predicted octanol–water partition coefficient (Wildman–Crippen LogP) is 0.855. The third-order valence-corrected chi connectivity index (χ3v) is 3.08. The van der Waals surface area contributed by atoms with E-state index in [2.05, 4.69) is 9.97 Å². The van der Waals surface area contributed by atoms with Gasteiger partial charge in [0.05, 0.1) is 12.5 Å². The van der Waals surface area contributed by atoms with Gasteiger partial charge in [0, 0.05) is 25.4 Å². The third kappa shape index (κ3) is 2.79. The zero-order valence-electron chi connectivity index (χ0n) is 9.85. The summed E-state index contributed by atoms with van der Waals surface area (Å²) in [5.41, 5.74) is 1.98. The molecule has 0 spiro atoms. The predicted molar refractivity (Wildman–Crippen MR) is 60.8 cm³/mol. The molecule has 0 aliphatic heterocycles. The number of hydrogen-bond acceptors (Lipinski definition) is 4. The second-order valence-electron chi connectivity index (χ2n) is 4.28. The Hall–Kier alpha value is -1.49. The van der Waals surface area contributed by atoms with Crippen LogP contribution in [-0.4, -0.2) is 34.8 Å². The van der Waals surface area contributed by atoms with Gasteiger partial charge in [0.25, 0.3) is 0 Å². The van der Waals surface area contributed by atoms with Crippen molar-refractivity contribution < 1.29 is 14.6 Å². The summed E-state index contributed by atoms with van der Waals surface area (Å²) in [6.45, 7) is 0.608. The molecule has 2 rings (SSSR count). The van der Waals surface area contributed by atoms with Crippen molar-refractivity contribution in [3.63, 3.8) is 0 Å². The Morgan fingerprint density at radius 3 is 3.18 bits per heavy atom. The zero-order valence-corrected chi connectivity index (χ0v) is 9.85. The Bertz CT molecular complexity index is 420. The molecule has 0 radical (unpaired) electrons. The van der Waals surface area contributed by atoms with Crippen LogP contribution in [0.25, 0.3) is 0 Å². The highest BCUT2D eigenvalue weighted by Gasteiger charge is 2.25. The van der Waals surface area contributed by atoms with Crippen LogP contribution in [0.3, 0.4) is 0 Å². The molecular weight excluding hydrogens is 220 g/mol. The molecular formula is C12H16N2O3. The molecule has 1 aliphatic rings. The largest absolute Gasteiger partial charge is 0.481 e. The number of carbonyl (C=O) groups is 1. The number of aromatic nitrogens is 2. The average molecular weight is 236 g/mol. The lowest BCUT2D eigenvalue weighted by Crippen LogP contribution is -2.23. The Morgan fingerprint density at radius 1 is 1.65 bits per heavy atom. The Kier molecular flexibility index (Phi) is 3.68. The van der Waals surface area contributed by atoms with E-state index in [0.717, 1.165) is 23.5 Å². The quantitative estimate of drug-likeness (QED) is 0.839. The first-order valence-corrected chi connectivity index (χ1v) is 5.76. The van der Waals surface area contributed by atoms with Crippen LogP contribution in [0.1, 0.15) is 23.5 Å². The number of aryl methyl sites for hydroxylation is 1. The van der Waals surface area contributed by atoms with Crippen LogP contribution in [-0.2, 0) is 28.8 Å². The van der Waals surface area contributed by atoms with Gasteiger partial charge in [0.1, 0.15) is 5.82 Å². The molecule has 0 saturated heterocycles. The van der Waals surface area contributed by atoms with Crippen molar-refractivity contribution in [2.45, 2.75) is 25.7 Å². The molecule has 5 nitrogen and oxygen atoms in total. The number of carboxylic acids is 1. The highest BCUT2D eigenvalue weighted by molar-refractivity contribution is 5.70. The summed E-state index contributed by atoms with van der Waals surface area (Å²) in [4.78, 5) is 19.6. The van der Waals surface area contributed by atoms with E-state index < -0.39 is 5.97 Å². The Balaban J connectivity index is 2.11. The number of methoxy groups -OCH3 is 1. The minimum absolute atomic E-state index is 0.282. The van der Waals surface area contributed by atoms with Crippen LogP contribution in [0.5, 0.6) is 0 Å². The lowest BCUT2D eigenvalue weighted by Gasteiger charge is -2.20. The normalized spacial score (nSPS) is 18.8. The van der Waals surface area contributed by atoms with Crippen molar-refractivity contribution in [1.29, 1.82) is 0 Å². The lowest BCUT2D eigenvalue weighted by atomic mass is 9.87. The van der Waals surface area contributed by atoms with Crippen molar-refractivity contribution in [2.24, 2.45) is 5.92 Å². The van der Waals surface area contributed by atoms with Crippen molar-refractivity contribution in [1.82, 2.24) is 9.97 Å². The first kappa shape index (κ1) is 12.0. The topological polar surface area (TPSA) is 72.3 Å². The van der Waals surface area contributed by atoms with E-state index >= 15 is 0 Å². The summed E-state index contributed by atoms with van der Waals surface area (Å²) in [6, 6.07) is 0.